The molecule has 12 heteroatoms. The monoisotopic (exact) mass is 731 g/mol. The number of methoxy groups -OCH3 is 2. The Hall–Kier alpha value is -0.930. The molecule has 3 fully saturated rings. The SMILES string of the molecule is CC[C@H]1OC(=O)C(C)C(OC2CC(C)(OC)CC(C)O2)C(C)C(OC2OC(C)CC(N(C)C)C2OC)C(C)(C)CC(C)CNC(C)C(O)C1(C)O. The highest BCUT2D eigenvalue weighted by atomic mass is 16.7. The van der Waals surface area contributed by atoms with Crippen LogP contribution >= 0.6 is 0 Å². The quantitative estimate of drug-likeness (QED) is 0.303. The molecule has 0 aromatic heterocycles. The molecule has 0 aromatic rings. The molecular formula is C39H74N2O10. The van der Waals surface area contributed by atoms with Crippen molar-refractivity contribution < 1.29 is 48.2 Å². The molecule has 0 saturated carbocycles. The lowest BCUT2D eigenvalue weighted by molar-refractivity contribution is -0.305. The predicted molar refractivity (Wildman–Crippen MR) is 196 cm³/mol. The third-order valence-electron chi connectivity index (χ3n) is 12.0. The second-order valence-corrected chi connectivity index (χ2v) is 17.5. The van der Waals surface area contributed by atoms with Crippen LogP contribution in [0.4, 0.5) is 0 Å². The first kappa shape index (κ1) is 44.5. The fraction of sp³-hybridized carbons (Fsp3) is 0.974. The highest BCUT2D eigenvalue weighted by Gasteiger charge is 2.50. The third-order valence-corrected chi connectivity index (χ3v) is 12.0. The lowest BCUT2D eigenvalue weighted by Crippen LogP contribution is -2.59. The van der Waals surface area contributed by atoms with Crippen LogP contribution in [0.15, 0.2) is 0 Å². The van der Waals surface area contributed by atoms with E-state index in [1.54, 1.807) is 21.1 Å². The number of hydrogen-bond donors (Lipinski definition) is 3. The molecule has 0 spiro atoms. The smallest absolute Gasteiger partial charge is 0.311 e. The summed E-state index contributed by atoms with van der Waals surface area (Å²) in [5, 5.41) is 26.5. The molecule has 3 saturated heterocycles. The van der Waals surface area contributed by atoms with Gasteiger partial charge in [-0.2, -0.15) is 0 Å². The van der Waals surface area contributed by atoms with Crippen LogP contribution in [-0.4, -0.2) is 135 Å². The molecule has 3 aliphatic heterocycles. The molecule has 3 aliphatic rings. The zero-order valence-electron chi connectivity index (χ0n) is 34.4. The van der Waals surface area contributed by atoms with E-state index < -0.39 is 71.5 Å². The Balaban J connectivity index is 2.16. The van der Waals surface area contributed by atoms with E-state index in [-0.39, 0.29) is 36.2 Å². The number of hydrogen-bond acceptors (Lipinski definition) is 12. The van der Waals surface area contributed by atoms with Crippen molar-refractivity contribution in [2.45, 2.75) is 187 Å². The van der Waals surface area contributed by atoms with Gasteiger partial charge >= 0.3 is 5.97 Å². The summed E-state index contributed by atoms with van der Waals surface area (Å²) in [4.78, 5) is 16.4. The minimum Gasteiger partial charge on any atom is -0.459 e. The number of nitrogens with zero attached hydrogens (tertiary/aromatic N) is 1. The number of aliphatic hydroxyl groups is 2. The molecule has 0 aromatic carbocycles. The lowest BCUT2D eigenvalue weighted by atomic mass is 9.71. The number of aliphatic hydroxyl groups excluding tert-OH is 1. The Kier molecular flexibility index (Phi) is 15.8. The fourth-order valence-electron chi connectivity index (χ4n) is 9.03. The van der Waals surface area contributed by atoms with E-state index in [2.05, 4.69) is 51.8 Å². The second-order valence-electron chi connectivity index (χ2n) is 17.5. The molecule has 3 rings (SSSR count). The second kappa shape index (κ2) is 18.1. The van der Waals surface area contributed by atoms with Crippen molar-refractivity contribution in [2.24, 2.45) is 23.2 Å². The van der Waals surface area contributed by atoms with Gasteiger partial charge in [-0.15, -0.1) is 0 Å². The predicted octanol–water partition coefficient (Wildman–Crippen LogP) is 4.52. The van der Waals surface area contributed by atoms with Gasteiger partial charge in [-0.05, 0) is 92.8 Å². The Morgan fingerprint density at radius 1 is 0.922 bits per heavy atom. The number of cyclic esters (lactones) is 1. The topological polar surface area (TPSA) is 137 Å². The molecule has 300 valence electrons. The van der Waals surface area contributed by atoms with Crippen LogP contribution in [0.25, 0.3) is 0 Å². The molecular weight excluding hydrogens is 656 g/mol. The number of likely N-dealkylation sites (N-methyl/N-ethyl adjacent to an activating group) is 1. The van der Waals surface area contributed by atoms with Crippen molar-refractivity contribution in [3.8, 4) is 0 Å². The molecule has 0 bridgehead atoms. The molecule has 0 radical (unpaired) electrons. The summed E-state index contributed by atoms with van der Waals surface area (Å²) in [6, 6.07) is -0.393. The summed E-state index contributed by atoms with van der Waals surface area (Å²) in [6.45, 7) is 22.4. The van der Waals surface area contributed by atoms with Gasteiger partial charge in [-0.3, -0.25) is 4.79 Å². The first-order valence-electron chi connectivity index (χ1n) is 19.3. The van der Waals surface area contributed by atoms with Gasteiger partial charge < -0.3 is 53.6 Å². The molecule has 0 aliphatic carbocycles. The van der Waals surface area contributed by atoms with E-state index >= 15 is 0 Å². The summed E-state index contributed by atoms with van der Waals surface area (Å²) in [5.74, 6) is -1.54. The maximum Gasteiger partial charge on any atom is 0.311 e. The molecule has 15 unspecified atom stereocenters. The number of nitrogens with one attached hydrogen (secondary N) is 1. The van der Waals surface area contributed by atoms with Crippen molar-refractivity contribution in [2.75, 3.05) is 34.9 Å². The van der Waals surface area contributed by atoms with E-state index in [9.17, 15) is 15.0 Å². The van der Waals surface area contributed by atoms with Crippen LogP contribution < -0.4 is 5.32 Å². The van der Waals surface area contributed by atoms with Crippen molar-refractivity contribution >= 4 is 5.97 Å². The van der Waals surface area contributed by atoms with E-state index in [1.165, 1.54) is 6.92 Å². The number of carbonyl (C=O) groups is 1. The maximum atomic E-state index is 14.2. The van der Waals surface area contributed by atoms with Gasteiger partial charge in [0.2, 0.25) is 0 Å². The first-order chi connectivity index (χ1) is 23.6. The van der Waals surface area contributed by atoms with Crippen LogP contribution in [0, 0.1) is 23.2 Å². The van der Waals surface area contributed by atoms with Crippen LogP contribution in [0.1, 0.15) is 108 Å². The standard InChI is InChI=1S/C39H74N2O10/c1-16-29-39(11,44)33(42)27(7)40-21-22(2)18-37(8,9)34(51-36-32(45-14)28(41(12)13)17-23(3)48-36)25(5)31(26(6)35(43)49-29)50-30-20-38(10,46-15)19-24(4)47-30/h22-34,36,40,42,44H,16-21H2,1-15H3/t22?,23?,24?,25?,26?,27?,28?,29-,30?,31?,32?,33?,34?,36?,38?,39?/m1/s1. The Morgan fingerprint density at radius 2 is 1.57 bits per heavy atom. The fourth-order valence-corrected chi connectivity index (χ4v) is 9.03. The Labute approximate surface area is 308 Å². The highest BCUT2D eigenvalue weighted by molar-refractivity contribution is 5.73. The average molecular weight is 731 g/mol. The molecule has 3 heterocycles. The van der Waals surface area contributed by atoms with Gasteiger partial charge in [0, 0.05) is 45.1 Å². The third kappa shape index (κ3) is 10.9. The summed E-state index contributed by atoms with van der Waals surface area (Å²) >= 11 is 0. The average Bonchev–Trinajstić information content (AvgIpc) is 3.04. The van der Waals surface area contributed by atoms with Crippen molar-refractivity contribution in [1.82, 2.24) is 10.2 Å². The zero-order chi connectivity index (χ0) is 38.6. The normalized spacial score (nSPS) is 46.6. The van der Waals surface area contributed by atoms with Gasteiger partial charge in [0.1, 0.15) is 23.9 Å². The van der Waals surface area contributed by atoms with E-state index in [0.29, 0.717) is 25.8 Å². The van der Waals surface area contributed by atoms with E-state index in [4.69, 9.17) is 33.2 Å². The number of ether oxygens (including phenoxy) is 7. The summed E-state index contributed by atoms with van der Waals surface area (Å²) < 4.78 is 45.1. The summed E-state index contributed by atoms with van der Waals surface area (Å²) in [7, 11) is 7.50. The minimum absolute atomic E-state index is 0.0610. The molecule has 0 amide bonds. The van der Waals surface area contributed by atoms with Crippen molar-refractivity contribution in [3.05, 3.63) is 0 Å². The molecule has 16 atom stereocenters. The van der Waals surface area contributed by atoms with Crippen LogP contribution in [0.5, 0.6) is 0 Å². The van der Waals surface area contributed by atoms with Crippen molar-refractivity contribution in [3.63, 3.8) is 0 Å². The van der Waals surface area contributed by atoms with Crippen molar-refractivity contribution in [1.29, 1.82) is 0 Å². The Bertz CT molecular complexity index is 1090. The summed E-state index contributed by atoms with van der Waals surface area (Å²) in [6.07, 6.45) is -2.17. The van der Waals surface area contributed by atoms with E-state index in [1.807, 2.05) is 34.9 Å². The lowest BCUT2D eigenvalue weighted by Gasteiger charge is -2.49. The van der Waals surface area contributed by atoms with Crippen LogP contribution in [0.2, 0.25) is 0 Å². The first-order valence-corrected chi connectivity index (χ1v) is 19.3. The Morgan fingerprint density at radius 3 is 2.14 bits per heavy atom. The van der Waals surface area contributed by atoms with Crippen LogP contribution in [-0.2, 0) is 38.0 Å². The number of carbonyl (C=O) groups excluding carboxylic acids is 1. The molecule has 3 N–H and O–H groups in total. The van der Waals surface area contributed by atoms with Gasteiger partial charge in [-0.25, -0.2) is 0 Å². The van der Waals surface area contributed by atoms with Crippen LogP contribution in [0.3, 0.4) is 0 Å². The number of rotatable bonds is 8. The maximum absolute atomic E-state index is 14.2. The van der Waals surface area contributed by atoms with Gasteiger partial charge in [0.25, 0.3) is 0 Å². The van der Waals surface area contributed by atoms with Gasteiger partial charge in [-0.1, -0.05) is 34.6 Å². The molecule has 12 nitrogen and oxygen atoms in total. The number of esters is 1. The minimum atomic E-state index is -1.71. The largest absolute Gasteiger partial charge is 0.459 e. The summed E-state index contributed by atoms with van der Waals surface area (Å²) in [5.41, 5.74) is -2.63. The zero-order valence-corrected chi connectivity index (χ0v) is 34.4. The molecule has 51 heavy (non-hydrogen) atoms. The van der Waals surface area contributed by atoms with E-state index in [0.717, 1.165) is 12.8 Å². The van der Waals surface area contributed by atoms with Gasteiger partial charge in [0.05, 0.1) is 35.9 Å². The van der Waals surface area contributed by atoms with Gasteiger partial charge in [0.15, 0.2) is 12.6 Å². The highest BCUT2D eigenvalue weighted by Crippen LogP contribution is 2.43.